The van der Waals surface area contributed by atoms with Crippen molar-refractivity contribution in [3.05, 3.63) is 53.6 Å². The zero-order chi connectivity index (χ0) is 26.7. The highest BCUT2D eigenvalue weighted by Gasteiger charge is 2.32. The number of carbonyl (C=O) groups is 2. The summed E-state index contributed by atoms with van der Waals surface area (Å²) in [5, 5.41) is 10.6. The number of ether oxygens (including phenoxy) is 2. The Labute approximate surface area is 216 Å². The van der Waals surface area contributed by atoms with Gasteiger partial charge in [0.15, 0.2) is 0 Å². The SMILES string of the molecule is O=C(OCc1ccc(OC(F)(F)F)cc1)N1CCC(N2CCN(C(=O)c3ccc4n[nH]nc4c3)CC2)CC1. The van der Waals surface area contributed by atoms with Crippen LogP contribution in [0, 0.1) is 0 Å². The number of nitrogens with one attached hydrogen (secondary N) is 1. The third-order valence-corrected chi connectivity index (χ3v) is 6.92. The maximum absolute atomic E-state index is 12.9. The van der Waals surface area contributed by atoms with Gasteiger partial charge in [0.05, 0.1) is 0 Å². The molecule has 0 atom stereocenters. The zero-order valence-corrected chi connectivity index (χ0v) is 20.5. The molecule has 13 heteroatoms. The summed E-state index contributed by atoms with van der Waals surface area (Å²) >= 11 is 0. The molecule has 202 valence electrons. The van der Waals surface area contributed by atoms with Crippen LogP contribution < -0.4 is 4.74 Å². The predicted molar refractivity (Wildman–Crippen MR) is 129 cm³/mol. The first kappa shape index (κ1) is 25.8. The molecule has 10 nitrogen and oxygen atoms in total. The molecule has 0 spiro atoms. The molecular weight excluding hydrogens is 505 g/mol. The van der Waals surface area contributed by atoms with Crippen LogP contribution >= 0.6 is 0 Å². The Kier molecular flexibility index (Phi) is 7.36. The number of aromatic amines is 1. The molecule has 0 aliphatic carbocycles. The summed E-state index contributed by atoms with van der Waals surface area (Å²) < 4.78 is 46.0. The molecule has 2 amide bonds. The van der Waals surface area contributed by atoms with Gasteiger partial charge >= 0.3 is 12.5 Å². The number of nitrogens with zero attached hydrogens (tertiary/aromatic N) is 5. The van der Waals surface area contributed by atoms with Crippen LogP contribution in [-0.4, -0.2) is 93.8 Å². The van der Waals surface area contributed by atoms with Gasteiger partial charge in [-0.25, -0.2) is 4.79 Å². The number of hydrogen-bond donors (Lipinski definition) is 1. The van der Waals surface area contributed by atoms with Gasteiger partial charge in [0.25, 0.3) is 5.91 Å². The van der Waals surface area contributed by atoms with Crippen LogP contribution in [0.2, 0.25) is 0 Å². The smallest absolute Gasteiger partial charge is 0.445 e. The molecule has 1 N–H and O–H groups in total. The Morgan fingerprint density at radius 3 is 2.26 bits per heavy atom. The van der Waals surface area contributed by atoms with E-state index in [1.54, 1.807) is 23.1 Å². The van der Waals surface area contributed by atoms with E-state index in [0.717, 1.165) is 31.4 Å². The van der Waals surface area contributed by atoms with E-state index in [1.807, 2.05) is 4.90 Å². The van der Waals surface area contributed by atoms with Crippen LogP contribution in [0.15, 0.2) is 42.5 Å². The number of hydrogen-bond acceptors (Lipinski definition) is 7. The molecule has 2 fully saturated rings. The minimum absolute atomic E-state index is 0.0189. The van der Waals surface area contributed by atoms with Crippen molar-refractivity contribution in [1.29, 1.82) is 0 Å². The molecule has 0 radical (unpaired) electrons. The Morgan fingerprint density at radius 2 is 1.58 bits per heavy atom. The molecule has 0 bridgehead atoms. The van der Waals surface area contributed by atoms with E-state index in [-0.39, 0.29) is 18.3 Å². The lowest BCUT2D eigenvalue weighted by Crippen LogP contribution is -2.54. The lowest BCUT2D eigenvalue weighted by Gasteiger charge is -2.42. The minimum atomic E-state index is -4.75. The average molecular weight is 533 g/mol. The average Bonchev–Trinajstić information content (AvgIpc) is 3.39. The van der Waals surface area contributed by atoms with Gasteiger partial charge in [-0.1, -0.05) is 12.1 Å². The summed E-state index contributed by atoms with van der Waals surface area (Å²) in [7, 11) is 0. The topological polar surface area (TPSA) is 104 Å². The van der Waals surface area contributed by atoms with Crippen molar-refractivity contribution in [2.75, 3.05) is 39.3 Å². The normalized spacial score (nSPS) is 17.6. The van der Waals surface area contributed by atoms with Gasteiger partial charge in [0.2, 0.25) is 0 Å². The first-order valence-electron chi connectivity index (χ1n) is 12.4. The molecular formula is C25H27F3N6O4. The van der Waals surface area contributed by atoms with Crippen molar-refractivity contribution >= 4 is 23.0 Å². The molecule has 2 aromatic carbocycles. The van der Waals surface area contributed by atoms with Crippen molar-refractivity contribution in [1.82, 2.24) is 30.1 Å². The predicted octanol–water partition coefficient (Wildman–Crippen LogP) is 3.42. The third kappa shape index (κ3) is 6.15. The van der Waals surface area contributed by atoms with Gasteiger partial charge < -0.3 is 19.3 Å². The molecule has 5 rings (SSSR count). The van der Waals surface area contributed by atoms with Crippen molar-refractivity contribution in [2.24, 2.45) is 0 Å². The Hall–Kier alpha value is -3.87. The molecule has 38 heavy (non-hydrogen) atoms. The zero-order valence-electron chi connectivity index (χ0n) is 20.5. The van der Waals surface area contributed by atoms with E-state index in [4.69, 9.17) is 4.74 Å². The second-order valence-corrected chi connectivity index (χ2v) is 9.32. The Morgan fingerprint density at radius 1 is 0.895 bits per heavy atom. The van der Waals surface area contributed by atoms with Crippen molar-refractivity contribution in [3.8, 4) is 5.75 Å². The fraction of sp³-hybridized carbons (Fsp3) is 0.440. The van der Waals surface area contributed by atoms with Crippen molar-refractivity contribution in [2.45, 2.75) is 31.9 Å². The Balaban J connectivity index is 1.04. The summed E-state index contributed by atoms with van der Waals surface area (Å²) in [6.45, 7) is 3.86. The van der Waals surface area contributed by atoms with E-state index in [0.29, 0.717) is 48.9 Å². The maximum Gasteiger partial charge on any atom is 0.573 e. The van der Waals surface area contributed by atoms with Gasteiger partial charge in [-0.2, -0.15) is 15.4 Å². The van der Waals surface area contributed by atoms with E-state index in [1.165, 1.54) is 24.3 Å². The van der Waals surface area contributed by atoms with E-state index in [9.17, 15) is 22.8 Å². The van der Waals surface area contributed by atoms with Crippen LogP contribution in [-0.2, 0) is 11.3 Å². The largest absolute Gasteiger partial charge is 0.573 e. The molecule has 1 aromatic heterocycles. The summed E-state index contributed by atoms with van der Waals surface area (Å²) in [5.41, 5.74) is 2.54. The van der Waals surface area contributed by atoms with Gasteiger partial charge in [-0.3, -0.25) is 9.69 Å². The number of halogens is 3. The maximum atomic E-state index is 12.9. The molecule has 0 saturated carbocycles. The van der Waals surface area contributed by atoms with Gasteiger partial charge in [-0.05, 0) is 48.7 Å². The minimum Gasteiger partial charge on any atom is -0.445 e. The van der Waals surface area contributed by atoms with E-state index >= 15 is 0 Å². The number of fused-ring (bicyclic) bond motifs is 1. The number of rotatable bonds is 5. The number of likely N-dealkylation sites (tertiary alicyclic amines) is 1. The first-order valence-corrected chi connectivity index (χ1v) is 12.4. The van der Waals surface area contributed by atoms with Crippen LogP contribution in [0.25, 0.3) is 11.0 Å². The fourth-order valence-electron chi connectivity index (χ4n) is 4.88. The van der Waals surface area contributed by atoms with Gasteiger partial charge in [0, 0.05) is 50.9 Å². The monoisotopic (exact) mass is 532 g/mol. The number of alkyl halides is 3. The number of piperidine rings is 1. The number of amides is 2. The highest BCUT2D eigenvalue weighted by molar-refractivity contribution is 5.97. The molecule has 3 heterocycles. The van der Waals surface area contributed by atoms with E-state index < -0.39 is 12.5 Å². The third-order valence-electron chi connectivity index (χ3n) is 6.92. The van der Waals surface area contributed by atoms with Gasteiger partial charge in [0.1, 0.15) is 23.4 Å². The highest BCUT2D eigenvalue weighted by Crippen LogP contribution is 2.24. The van der Waals surface area contributed by atoms with Crippen LogP contribution in [0.5, 0.6) is 5.75 Å². The van der Waals surface area contributed by atoms with Crippen LogP contribution in [0.3, 0.4) is 0 Å². The fourth-order valence-corrected chi connectivity index (χ4v) is 4.88. The van der Waals surface area contributed by atoms with E-state index in [2.05, 4.69) is 25.0 Å². The molecule has 2 aliphatic rings. The van der Waals surface area contributed by atoms with Crippen LogP contribution in [0.4, 0.5) is 18.0 Å². The van der Waals surface area contributed by atoms with Crippen LogP contribution in [0.1, 0.15) is 28.8 Å². The Bertz CT molecular complexity index is 1270. The molecule has 2 saturated heterocycles. The molecule has 3 aromatic rings. The van der Waals surface area contributed by atoms with Gasteiger partial charge in [-0.15, -0.1) is 13.2 Å². The quantitative estimate of drug-likeness (QED) is 0.537. The first-order chi connectivity index (χ1) is 18.2. The number of carbonyl (C=O) groups excluding carboxylic acids is 2. The lowest BCUT2D eigenvalue weighted by molar-refractivity contribution is -0.274. The molecule has 0 unspecified atom stereocenters. The number of aromatic nitrogens is 3. The number of H-pyrrole nitrogens is 1. The number of benzene rings is 2. The summed E-state index contributed by atoms with van der Waals surface area (Å²) in [6, 6.07) is 10.9. The molecule has 2 aliphatic heterocycles. The summed E-state index contributed by atoms with van der Waals surface area (Å²) in [4.78, 5) is 31.3. The standard InChI is InChI=1S/C25H27F3N6O4/c26-25(27,28)38-20-4-1-17(2-5-20)16-37-24(36)34-9-7-19(8-10-34)32-11-13-33(14-12-32)23(35)18-3-6-21-22(15-18)30-31-29-21/h1-6,15,19H,7-14,16H2,(H,29,30,31). The second kappa shape index (κ2) is 10.9. The van der Waals surface area contributed by atoms with Crippen molar-refractivity contribution < 1.29 is 32.2 Å². The summed E-state index contributed by atoms with van der Waals surface area (Å²) in [6.07, 6.45) is -3.59. The summed E-state index contributed by atoms with van der Waals surface area (Å²) in [5.74, 6) is -0.345. The highest BCUT2D eigenvalue weighted by atomic mass is 19.4. The second-order valence-electron chi connectivity index (χ2n) is 9.32. The lowest BCUT2D eigenvalue weighted by atomic mass is 10.0. The number of piperazine rings is 1. The van der Waals surface area contributed by atoms with Crippen molar-refractivity contribution in [3.63, 3.8) is 0 Å².